The number of nitrogens with one attached hydrogen (secondary N) is 1. The summed E-state index contributed by atoms with van der Waals surface area (Å²) in [6, 6.07) is 0. The van der Waals surface area contributed by atoms with Gasteiger partial charge in [-0.2, -0.15) is 0 Å². The molecule has 88 valence electrons. The van der Waals surface area contributed by atoms with Crippen LogP contribution in [0.5, 0.6) is 0 Å². The van der Waals surface area contributed by atoms with Gasteiger partial charge >= 0.3 is 0 Å². The van der Waals surface area contributed by atoms with Crippen LogP contribution in [0.3, 0.4) is 0 Å². The number of rotatable bonds is 7. The Bertz CT molecular complexity index is 218. The van der Waals surface area contributed by atoms with Gasteiger partial charge in [-0.15, -0.1) is 0 Å². The highest BCUT2D eigenvalue weighted by Crippen LogP contribution is 2.70. The zero-order valence-electron chi connectivity index (χ0n) is 10.4. The molecule has 3 heteroatoms. The Balaban J connectivity index is 2.15. The number of hydrogen-bond donors (Lipinski definition) is 1. The monoisotopic (exact) mass is 246 g/mol. The van der Waals surface area contributed by atoms with Gasteiger partial charge in [0.15, 0.2) is 0 Å². The fourth-order valence-electron chi connectivity index (χ4n) is 1.88. The summed E-state index contributed by atoms with van der Waals surface area (Å²) in [4.78, 5) is 0. The molecular weight excluding hydrogens is 221 g/mol. The summed E-state index contributed by atoms with van der Waals surface area (Å²) in [5, 5.41) is 3.61. The summed E-state index contributed by atoms with van der Waals surface area (Å²) in [5.41, 5.74) is 1.52. The van der Waals surface area contributed by atoms with Crippen LogP contribution in [0.4, 0.5) is 0 Å². The normalized spacial score (nSPS) is 25.4. The lowest BCUT2D eigenvalue weighted by molar-refractivity contribution is 0.631. The lowest BCUT2D eigenvalue weighted by Crippen LogP contribution is -2.13. The van der Waals surface area contributed by atoms with Crippen molar-refractivity contribution in [1.29, 1.82) is 0 Å². The number of unbranched alkanes of at least 4 members (excludes halogenated alkanes) is 3. The van der Waals surface area contributed by atoms with Crippen molar-refractivity contribution < 1.29 is 0 Å². The molecule has 0 aromatic heterocycles. The Morgan fingerprint density at radius 2 is 2.20 bits per heavy atom. The smallest absolute Gasteiger partial charge is 0.0974 e. The molecule has 1 aliphatic rings. The van der Waals surface area contributed by atoms with Gasteiger partial charge in [-0.05, 0) is 6.42 Å². The Labute approximate surface area is 99.6 Å². The van der Waals surface area contributed by atoms with E-state index < -0.39 is 6.46 Å². The largest absolute Gasteiger partial charge is 0.386 e. The van der Waals surface area contributed by atoms with Crippen molar-refractivity contribution in [2.45, 2.75) is 39.0 Å². The molecule has 0 fully saturated rings. The van der Waals surface area contributed by atoms with Crippen LogP contribution < -0.4 is 5.32 Å². The van der Waals surface area contributed by atoms with Crippen LogP contribution >= 0.6 is 17.8 Å². The molecule has 1 heterocycles. The quantitative estimate of drug-likeness (QED) is 0.530. The molecule has 0 radical (unpaired) electrons. The molecule has 0 aromatic carbocycles. The van der Waals surface area contributed by atoms with Gasteiger partial charge in [0, 0.05) is 30.6 Å². The number of hydrogen-bond acceptors (Lipinski definition) is 2. The molecule has 1 unspecified atom stereocenters. The van der Waals surface area contributed by atoms with Crippen molar-refractivity contribution in [3.8, 4) is 0 Å². The van der Waals surface area contributed by atoms with Crippen molar-refractivity contribution in [2.24, 2.45) is 0 Å². The molecule has 15 heavy (non-hydrogen) atoms. The second kappa shape index (κ2) is 6.81. The number of allylic oxidation sites excluding steroid dienone is 1. The third-order valence-electron chi connectivity index (χ3n) is 3.05. The molecule has 0 saturated heterocycles. The minimum atomic E-state index is -0.726. The molecular formula is C12H25NPS+. The lowest BCUT2D eigenvalue weighted by atomic mass is 10.2. The molecule has 0 bridgehead atoms. The first-order chi connectivity index (χ1) is 7.20. The Kier molecular flexibility index (Phi) is 6.07. The topological polar surface area (TPSA) is 12.0 Å². The van der Waals surface area contributed by atoms with Crippen molar-refractivity contribution >= 4 is 17.8 Å². The maximum atomic E-state index is 3.61. The zero-order valence-corrected chi connectivity index (χ0v) is 12.1. The molecule has 1 atom stereocenters. The maximum Gasteiger partial charge on any atom is 0.0974 e. The van der Waals surface area contributed by atoms with Crippen molar-refractivity contribution in [1.82, 2.24) is 5.32 Å². The Hall–Kier alpha value is 0.320. The summed E-state index contributed by atoms with van der Waals surface area (Å²) >= 11 is 2.08. The van der Waals surface area contributed by atoms with E-state index in [2.05, 4.69) is 42.4 Å². The molecule has 1 N–H and O–H groups in total. The van der Waals surface area contributed by atoms with Crippen LogP contribution in [0.25, 0.3) is 0 Å². The molecule has 1 rings (SSSR count). The molecule has 0 spiro atoms. The average molecular weight is 246 g/mol. The third-order valence-corrected chi connectivity index (χ3v) is 9.22. The second-order valence-electron chi connectivity index (χ2n) is 4.47. The highest BCUT2D eigenvalue weighted by molar-refractivity contribution is 8.63. The van der Waals surface area contributed by atoms with Gasteiger partial charge in [0.25, 0.3) is 0 Å². The van der Waals surface area contributed by atoms with E-state index in [1.165, 1.54) is 50.5 Å². The van der Waals surface area contributed by atoms with Gasteiger partial charge < -0.3 is 5.32 Å². The van der Waals surface area contributed by atoms with Crippen LogP contribution in [0, 0.1) is 0 Å². The van der Waals surface area contributed by atoms with Crippen molar-refractivity contribution in [3.63, 3.8) is 0 Å². The summed E-state index contributed by atoms with van der Waals surface area (Å²) in [6.45, 7) is 5.17. The maximum absolute atomic E-state index is 3.61. The van der Waals surface area contributed by atoms with Crippen LogP contribution in [-0.2, 0) is 0 Å². The molecule has 0 saturated carbocycles. The minimum absolute atomic E-state index is 0.726. The van der Waals surface area contributed by atoms with Gasteiger partial charge in [-0.3, -0.25) is 0 Å². The lowest BCUT2D eigenvalue weighted by Gasteiger charge is -2.07. The van der Waals surface area contributed by atoms with Crippen LogP contribution in [-0.4, -0.2) is 25.6 Å². The summed E-state index contributed by atoms with van der Waals surface area (Å²) in [6.07, 6.45) is 10.4. The fraction of sp³-hybridized carbons (Fsp3) is 0.833. The molecule has 0 aromatic rings. The predicted molar refractivity (Wildman–Crippen MR) is 76.1 cm³/mol. The molecule has 1 nitrogen and oxygen atoms in total. The van der Waals surface area contributed by atoms with Gasteiger partial charge in [-0.1, -0.05) is 26.2 Å². The molecule has 0 aliphatic carbocycles. The predicted octanol–water partition coefficient (Wildman–Crippen LogP) is 4.33. The van der Waals surface area contributed by atoms with Crippen LogP contribution in [0.1, 0.15) is 39.0 Å². The Morgan fingerprint density at radius 1 is 1.40 bits per heavy atom. The van der Waals surface area contributed by atoms with E-state index in [0.717, 1.165) is 0 Å². The van der Waals surface area contributed by atoms with E-state index >= 15 is 0 Å². The average Bonchev–Trinajstić information content (AvgIpc) is 2.61. The fourth-order valence-corrected chi connectivity index (χ4v) is 5.38. The molecule has 1 aliphatic heterocycles. The highest BCUT2D eigenvalue weighted by atomic mass is 32.7. The first-order valence-electron chi connectivity index (χ1n) is 6.07. The minimum Gasteiger partial charge on any atom is -0.386 e. The SMILES string of the molecule is CCCCCCNC1=C[P+](C)(SC)CC1. The van der Waals surface area contributed by atoms with Crippen molar-refractivity contribution in [3.05, 3.63) is 11.5 Å². The first-order valence-corrected chi connectivity index (χ1v) is 10.4. The third kappa shape index (κ3) is 4.78. The van der Waals surface area contributed by atoms with Gasteiger partial charge in [0.05, 0.1) is 30.8 Å². The summed E-state index contributed by atoms with van der Waals surface area (Å²) in [7, 11) is 0. The molecule has 0 amide bonds. The van der Waals surface area contributed by atoms with Crippen LogP contribution in [0.2, 0.25) is 0 Å². The first kappa shape index (κ1) is 13.4. The van der Waals surface area contributed by atoms with E-state index in [1.54, 1.807) is 0 Å². The van der Waals surface area contributed by atoms with Gasteiger partial charge in [0.1, 0.15) is 0 Å². The Morgan fingerprint density at radius 3 is 2.80 bits per heavy atom. The van der Waals surface area contributed by atoms with Crippen LogP contribution in [0.15, 0.2) is 11.5 Å². The van der Waals surface area contributed by atoms with E-state index in [9.17, 15) is 0 Å². The van der Waals surface area contributed by atoms with E-state index in [0.29, 0.717) is 0 Å². The summed E-state index contributed by atoms with van der Waals surface area (Å²) < 4.78 is 0. The second-order valence-corrected chi connectivity index (χ2v) is 11.5. The highest BCUT2D eigenvalue weighted by Gasteiger charge is 2.35. The summed E-state index contributed by atoms with van der Waals surface area (Å²) in [5.74, 6) is 2.54. The van der Waals surface area contributed by atoms with E-state index in [-0.39, 0.29) is 0 Å². The standard InChI is InChI=1S/C12H25NPS/c1-4-5-6-7-9-13-12-8-10-14(2,11-12)15-3/h11,13H,4-10H2,1-3H3/q+1. The zero-order chi connectivity index (χ0) is 11.1. The van der Waals surface area contributed by atoms with E-state index in [4.69, 9.17) is 0 Å². The van der Waals surface area contributed by atoms with Crippen molar-refractivity contribution in [2.75, 3.05) is 25.6 Å². The van der Waals surface area contributed by atoms with E-state index in [1.807, 2.05) is 0 Å². The van der Waals surface area contributed by atoms with Gasteiger partial charge in [-0.25, -0.2) is 0 Å². The van der Waals surface area contributed by atoms with Gasteiger partial charge in [0.2, 0.25) is 0 Å².